The lowest BCUT2D eigenvalue weighted by Gasteiger charge is -2.21. The van der Waals surface area contributed by atoms with E-state index in [0.717, 1.165) is 32.1 Å². The van der Waals surface area contributed by atoms with Crippen molar-refractivity contribution in [1.29, 1.82) is 0 Å². The van der Waals surface area contributed by atoms with Crippen LogP contribution < -0.4 is 5.32 Å². The van der Waals surface area contributed by atoms with Crippen molar-refractivity contribution in [3.63, 3.8) is 0 Å². The number of allylic oxidation sites excluding steroid dienone is 1. The van der Waals surface area contributed by atoms with Crippen LogP contribution in [0.3, 0.4) is 0 Å². The van der Waals surface area contributed by atoms with Gasteiger partial charge in [-0.15, -0.1) is 0 Å². The van der Waals surface area contributed by atoms with Crippen molar-refractivity contribution in [2.45, 2.75) is 193 Å². The zero-order valence-electron chi connectivity index (χ0n) is 26.0. The first-order valence-corrected chi connectivity index (χ1v) is 17.0. The van der Waals surface area contributed by atoms with Gasteiger partial charge in [-0.25, -0.2) is 0 Å². The number of unbranched alkanes of at least 4 members (excludes halogenated alkanes) is 22. The third kappa shape index (κ3) is 25.8. The molecule has 232 valence electrons. The molecule has 39 heavy (non-hydrogen) atoms. The number of nitrogens with one attached hydrogen (secondary N) is 1. The molecule has 0 rings (SSSR count). The first-order chi connectivity index (χ1) is 19.1. The Morgan fingerprint density at radius 1 is 0.615 bits per heavy atom. The van der Waals surface area contributed by atoms with Gasteiger partial charge in [0.2, 0.25) is 5.91 Å². The molecule has 0 radical (unpaired) electrons. The maximum Gasteiger partial charge on any atom is 0.249 e. The molecule has 3 atom stereocenters. The average molecular weight is 554 g/mol. The van der Waals surface area contributed by atoms with Gasteiger partial charge >= 0.3 is 0 Å². The summed E-state index contributed by atoms with van der Waals surface area (Å²) in [7, 11) is 0. The molecule has 0 spiro atoms. The molecule has 0 aliphatic heterocycles. The monoisotopic (exact) mass is 554 g/mol. The van der Waals surface area contributed by atoms with Crippen molar-refractivity contribution in [2.24, 2.45) is 0 Å². The molecule has 0 aliphatic rings. The van der Waals surface area contributed by atoms with E-state index in [1.54, 1.807) is 6.08 Å². The van der Waals surface area contributed by atoms with Gasteiger partial charge in [-0.2, -0.15) is 0 Å². The number of aliphatic hydroxyl groups excluding tert-OH is 3. The molecule has 0 saturated carbocycles. The Morgan fingerprint density at radius 3 is 1.41 bits per heavy atom. The molecule has 4 N–H and O–H groups in total. The lowest BCUT2D eigenvalue weighted by atomic mass is 10.0. The molecule has 0 aromatic carbocycles. The van der Waals surface area contributed by atoms with Gasteiger partial charge in [0, 0.05) is 0 Å². The smallest absolute Gasteiger partial charge is 0.249 e. The fourth-order valence-electron chi connectivity index (χ4n) is 5.12. The Morgan fingerprint density at radius 2 is 1.00 bits per heavy atom. The second-order valence-corrected chi connectivity index (χ2v) is 11.7. The van der Waals surface area contributed by atoms with Crippen LogP contribution in [0.5, 0.6) is 0 Å². The normalized spacial score (nSPS) is 14.1. The van der Waals surface area contributed by atoms with Crippen LogP contribution >= 0.6 is 0 Å². The quantitative estimate of drug-likeness (QED) is 0.0530. The summed E-state index contributed by atoms with van der Waals surface area (Å²) in [5.74, 6) is -0.505. The van der Waals surface area contributed by atoms with E-state index >= 15 is 0 Å². The van der Waals surface area contributed by atoms with Crippen LogP contribution in [0.25, 0.3) is 0 Å². The SMILES string of the molecule is CCCCCCCCCCCCC/C=C/[C@@H](O)[C@H](CO)NC(=O)[C@@H](O)CCCCCCCCCCCCCC. The fraction of sp³-hybridized carbons (Fsp3) is 0.912. The fourth-order valence-corrected chi connectivity index (χ4v) is 5.12. The zero-order chi connectivity index (χ0) is 28.8. The third-order valence-corrected chi connectivity index (χ3v) is 7.88. The maximum atomic E-state index is 12.3. The zero-order valence-corrected chi connectivity index (χ0v) is 26.0. The summed E-state index contributed by atoms with van der Waals surface area (Å²) in [6.07, 6.45) is 32.2. The van der Waals surface area contributed by atoms with Crippen LogP contribution in [0.4, 0.5) is 0 Å². The van der Waals surface area contributed by atoms with Crippen molar-refractivity contribution < 1.29 is 20.1 Å². The second kappa shape index (κ2) is 30.1. The standard InChI is InChI=1S/C34H67NO4/c1-3-5-7-9-11-13-15-17-19-20-22-24-26-28-32(37)31(30-36)35-34(39)33(38)29-27-25-23-21-18-16-14-12-10-8-6-4-2/h26,28,31-33,36-38H,3-25,27,29-30H2,1-2H3,(H,35,39)/b28-26+/t31-,32+,33-/m0/s1. The number of carbonyl (C=O) groups is 1. The number of carbonyl (C=O) groups excluding carboxylic acids is 1. The number of rotatable bonds is 30. The minimum absolute atomic E-state index is 0.360. The lowest BCUT2D eigenvalue weighted by molar-refractivity contribution is -0.131. The van der Waals surface area contributed by atoms with Crippen LogP contribution in [0, 0.1) is 0 Å². The van der Waals surface area contributed by atoms with E-state index in [1.807, 2.05) is 6.08 Å². The molecule has 0 aromatic rings. The Bertz CT molecular complexity index is 539. The molecule has 1 amide bonds. The van der Waals surface area contributed by atoms with Gasteiger partial charge in [0.05, 0.1) is 18.8 Å². The van der Waals surface area contributed by atoms with E-state index in [0.29, 0.717) is 6.42 Å². The summed E-state index contributed by atoms with van der Waals surface area (Å²) in [5.41, 5.74) is 0. The molecule has 5 heteroatoms. The molecular weight excluding hydrogens is 486 g/mol. The van der Waals surface area contributed by atoms with E-state index in [-0.39, 0.29) is 6.61 Å². The highest BCUT2D eigenvalue weighted by atomic mass is 16.3. The summed E-state index contributed by atoms with van der Waals surface area (Å²) in [4.78, 5) is 12.3. The minimum Gasteiger partial charge on any atom is -0.394 e. The molecule has 0 unspecified atom stereocenters. The Balaban J connectivity index is 3.78. The number of aliphatic hydroxyl groups is 3. The van der Waals surface area contributed by atoms with Gasteiger partial charge in [0.1, 0.15) is 6.10 Å². The van der Waals surface area contributed by atoms with Crippen molar-refractivity contribution in [2.75, 3.05) is 6.61 Å². The maximum absolute atomic E-state index is 12.3. The van der Waals surface area contributed by atoms with Crippen LogP contribution in [-0.4, -0.2) is 46.1 Å². The summed E-state index contributed by atoms with van der Waals surface area (Å²) >= 11 is 0. The van der Waals surface area contributed by atoms with E-state index in [4.69, 9.17) is 0 Å². The molecule has 0 bridgehead atoms. The topological polar surface area (TPSA) is 89.8 Å². The van der Waals surface area contributed by atoms with Crippen LogP contribution in [0.2, 0.25) is 0 Å². The molecule has 5 nitrogen and oxygen atoms in total. The first kappa shape index (κ1) is 38.1. The second-order valence-electron chi connectivity index (χ2n) is 11.7. The largest absolute Gasteiger partial charge is 0.394 e. The predicted octanol–water partition coefficient (Wildman–Crippen LogP) is 8.53. The number of amides is 1. The van der Waals surface area contributed by atoms with Crippen molar-refractivity contribution in [1.82, 2.24) is 5.32 Å². The van der Waals surface area contributed by atoms with Crippen molar-refractivity contribution >= 4 is 5.91 Å². The van der Waals surface area contributed by atoms with Crippen LogP contribution in [0.1, 0.15) is 174 Å². The van der Waals surface area contributed by atoms with Gasteiger partial charge in [-0.3, -0.25) is 4.79 Å². The Hall–Kier alpha value is -0.910. The lowest BCUT2D eigenvalue weighted by Crippen LogP contribution is -2.48. The Kier molecular flexibility index (Phi) is 29.4. The summed E-state index contributed by atoms with van der Waals surface area (Å²) in [6.45, 7) is 4.15. The number of hydrogen-bond donors (Lipinski definition) is 4. The van der Waals surface area contributed by atoms with E-state index < -0.39 is 24.2 Å². The molecule has 0 aliphatic carbocycles. The predicted molar refractivity (Wildman–Crippen MR) is 167 cm³/mol. The molecular formula is C34H67NO4. The van der Waals surface area contributed by atoms with Gasteiger partial charge in [0.15, 0.2) is 0 Å². The van der Waals surface area contributed by atoms with Gasteiger partial charge in [-0.1, -0.05) is 167 Å². The molecule has 0 heterocycles. The highest BCUT2D eigenvalue weighted by Gasteiger charge is 2.22. The molecule has 0 fully saturated rings. The minimum atomic E-state index is -1.09. The summed E-state index contributed by atoms with van der Waals surface area (Å²) in [6, 6.07) is -0.789. The van der Waals surface area contributed by atoms with Crippen molar-refractivity contribution in [3.05, 3.63) is 12.2 Å². The van der Waals surface area contributed by atoms with Crippen LogP contribution in [-0.2, 0) is 4.79 Å². The highest BCUT2D eigenvalue weighted by molar-refractivity contribution is 5.80. The van der Waals surface area contributed by atoms with E-state index in [1.165, 1.54) is 122 Å². The van der Waals surface area contributed by atoms with E-state index in [9.17, 15) is 20.1 Å². The highest BCUT2D eigenvalue weighted by Crippen LogP contribution is 2.14. The molecule has 0 aromatic heterocycles. The first-order valence-electron chi connectivity index (χ1n) is 17.0. The van der Waals surface area contributed by atoms with Crippen molar-refractivity contribution in [3.8, 4) is 0 Å². The number of hydrogen-bond acceptors (Lipinski definition) is 4. The van der Waals surface area contributed by atoms with E-state index in [2.05, 4.69) is 19.2 Å². The van der Waals surface area contributed by atoms with Gasteiger partial charge < -0.3 is 20.6 Å². The van der Waals surface area contributed by atoms with Crippen LogP contribution in [0.15, 0.2) is 12.2 Å². The molecule has 0 saturated heterocycles. The average Bonchev–Trinajstić information content (AvgIpc) is 2.94. The van der Waals surface area contributed by atoms with Gasteiger partial charge in [0.25, 0.3) is 0 Å². The summed E-state index contributed by atoms with van der Waals surface area (Å²) in [5, 5.41) is 32.8. The Labute approximate surface area is 242 Å². The summed E-state index contributed by atoms with van der Waals surface area (Å²) < 4.78 is 0. The third-order valence-electron chi connectivity index (χ3n) is 7.88. The van der Waals surface area contributed by atoms with Gasteiger partial charge in [-0.05, 0) is 19.3 Å².